The Labute approximate surface area is 215 Å². The second-order valence-corrected chi connectivity index (χ2v) is 9.24. The van der Waals surface area contributed by atoms with Crippen LogP contribution in [0.4, 0.5) is 0 Å². The van der Waals surface area contributed by atoms with Crippen LogP contribution in [-0.2, 0) is 29.3 Å². The smallest absolute Gasteiger partial charge is 1.00 e. The normalized spacial score (nSPS) is 14.3. The van der Waals surface area contributed by atoms with Crippen molar-refractivity contribution in [3.05, 3.63) is 0 Å². The zero-order valence-electron chi connectivity index (χ0n) is 20.9. The van der Waals surface area contributed by atoms with Crippen molar-refractivity contribution >= 4 is 22.1 Å². The van der Waals surface area contributed by atoms with E-state index in [1.807, 2.05) is 0 Å². The second kappa shape index (κ2) is 19.1. The molecule has 0 rings (SSSR count). The van der Waals surface area contributed by atoms with Crippen LogP contribution in [0.25, 0.3) is 0 Å². The third-order valence-corrected chi connectivity index (χ3v) is 5.74. The first kappa shape index (κ1) is 33.9. The third kappa shape index (κ3) is 16.4. The first-order chi connectivity index (χ1) is 14.5. The van der Waals surface area contributed by atoms with Crippen LogP contribution in [0.1, 0.15) is 92.8 Å². The Balaban J connectivity index is -0.00000450. The van der Waals surface area contributed by atoms with Gasteiger partial charge in [0.2, 0.25) is 0 Å². The molecule has 10 nitrogen and oxygen atoms in total. The summed E-state index contributed by atoms with van der Waals surface area (Å²) in [6, 6.07) is 0. The third-order valence-electron chi connectivity index (χ3n) is 4.66. The Kier molecular flexibility index (Phi) is 20.2. The summed E-state index contributed by atoms with van der Waals surface area (Å²) in [6.07, 6.45) is 7.03. The summed E-state index contributed by atoms with van der Waals surface area (Å²) in [4.78, 5) is 28.6. The van der Waals surface area contributed by atoms with E-state index in [0.717, 1.165) is 25.7 Å². The largest absolute Gasteiger partial charge is 1.00 e. The van der Waals surface area contributed by atoms with Gasteiger partial charge in [0, 0.05) is 0 Å². The summed E-state index contributed by atoms with van der Waals surface area (Å²) < 4.78 is 37.2. The molecule has 32 heavy (non-hydrogen) atoms. The van der Waals surface area contributed by atoms with Gasteiger partial charge in [-0.25, -0.2) is 0 Å². The molecule has 3 atom stereocenters. The molecule has 0 spiro atoms. The van der Waals surface area contributed by atoms with Crippen molar-refractivity contribution in [1.82, 2.24) is 5.06 Å². The number of carbonyl (C=O) groups excluding carboxylic acids is 2. The van der Waals surface area contributed by atoms with Gasteiger partial charge < -0.3 is 21.2 Å². The van der Waals surface area contributed by atoms with Gasteiger partial charge in [0.25, 0.3) is 10.1 Å². The molecular formula is C20H40NNaO9S. The molecule has 0 fully saturated rings. The van der Waals surface area contributed by atoms with Crippen molar-refractivity contribution in [1.29, 1.82) is 0 Å². The fourth-order valence-corrected chi connectivity index (χ4v) is 3.59. The van der Waals surface area contributed by atoms with Crippen LogP contribution in [0.5, 0.6) is 0 Å². The van der Waals surface area contributed by atoms with Crippen LogP contribution >= 0.6 is 0 Å². The molecule has 3 unspecified atom stereocenters. The van der Waals surface area contributed by atoms with E-state index in [9.17, 15) is 32.8 Å². The average Bonchev–Trinajstić information content (AvgIpc) is 2.66. The van der Waals surface area contributed by atoms with Crippen LogP contribution in [0.3, 0.4) is 0 Å². The number of hydrogen-bond donors (Lipinski definition) is 3. The van der Waals surface area contributed by atoms with Gasteiger partial charge in [0.15, 0.2) is 5.25 Å². The van der Waals surface area contributed by atoms with Crippen molar-refractivity contribution in [2.75, 3.05) is 6.61 Å². The van der Waals surface area contributed by atoms with Crippen LogP contribution in [0, 0.1) is 0 Å². The van der Waals surface area contributed by atoms with Gasteiger partial charge in [-0.05, 0) is 20.3 Å². The molecule has 0 saturated heterocycles. The van der Waals surface area contributed by atoms with Crippen LogP contribution in [0.15, 0.2) is 0 Å². The summed E-state index contributed by atoms with van der Waals surface area (Å²) in [5, 5.41) is 17.2. The van der Waals surface area contributed by atoms with Crippen LogP contribution in [0.2, 0.25) is 0 Å². The van der Waals surface area contributed by atoms with E-state index in [-0.39, 0.29) is 37.6 Å². The van der Waals surface area contributed by atoms with Crippen LogP contribution < -0.4 is 29.6 Å². The van der Waals surface area contributed by atoms with Gasteiger partial charge in [0.1, 0.15) is 12.5 Å². The molecule has 3 N–H and O–H groups in total. The predicted molar refractivity (Wildman–Crippen MR) is 115 cm³/mol. The summed E-state index contributed by atoms with van der Waals surface area (Å²) in [5.74, 6) is -2.49. The minimum Gasteiger partial charge on any atom is -1.00 e. The number of unbranched alkanes of at least 4 members (excludes halogenated alkanes) is 9. The summed E-state index contributed by atoms with van der Waals surface area (Å²) in [6.45, 7) is 4.57. The molecule has 0 heterocycles. The first-order valence-electron chi connectivity index (χ1n) is 11.0. The molecule has 0 aromatic heterocycles. The standard InChI is InChI=1S/C20H39NO9S.Na.H/c1-4-5-6-7-8-9-10-11-12-13-14-29-20(25)18(31(26,27)28)15-19(24)30-21(16(2)22)17(3)23;;/h16-18,22-23H,4-15H2,1-3H3,(H,26,27,28);;/q;+1;-1. The van der Waals surface area contributed by atoms with Gasteiger partial charge in [-0.15, -0.1) is 0 Å². The van der Waals surface area contributed by atoms with E-state index in [1.54, 1.807) is 0 Å². The average molecular weight is 494 g/mol. The van der Waals surface area contributed by atoms with E-state index < -0.39 is 46.2 Å². The number of esters is 1. The van der Waals surface area contributed by atoms with Gasteiger partial charge in [-0.3, -0.25) is 14.1 Å². The van der Waals surface area contributed by atoms with E-state index in [0.29, 0.717) is 11.5 Å². The topological polar surface area (TPSA) is 151 Å². The maximum Gasteiger partial charge on any atom is 1.00 e. The van der Waals surface area contributed by atoms with Crippen LogP contribution in [-0.4, -0.2) is 64.5 Å². The van der Waals surface area contributed by atoms with Crippen molar-refractivity contribution in [3.8, 4) is 0 Å². The number of rotatable bonds is 18. The van der Waals surface area contributed by atoms with E-state index in [2.05, 4.69) is 11.8 Å². The molecular weight excluding hydrogens is 453 g/mol. The van der Waals surface area contributed by atoms with Crippen molar-refractivity contribution in [2.24, 2.45) is 0 Å². The van der Waals surface area contributed by atoms with Crippen molar-refractivity contribution in [2.45, 2.75) is 109 Å². The zero-order chi connectivity index (χ0) is 23.9. The molecule has 0 aromatic rings. The van der Waals surface area contributed by atoms with Gasteiger partial charge in [-0.1, -0.05) is 69.8 Å². The minimum absolute atomic E-state index is 0. The molecule has 0 bridgehead atoms. The van der Waals surface area contributed by atoms with Crippen molar-refractivity contribution in [3.63, 3.8) is 0 Å². The summed E-state index contributed by atoms with van der Waals surface area (Å²) in [5.41, 5.74) is 0. The molecule has 186 valence electrons. The fraction of sp³-hybridized carbons (Fsp3) is 0.900. The SMILES string of the molecule is CCCCCCCCCCCCOC(=O)C(CC(=O)ON(C(C)O)C(C)O)S(=O)(=O)O.[H-].[Na+]. The van der Waals surface area contributed by atoms with E-state index >= 15 is 0 Å². The Bertz CT molecular complexity index is 613. The monoisotopic (exact) mass is 493 g/mol. The number of hydrogen-bond acceptors (Lipinski definition) is 9. The molecule has 0 amide bonds. The quantitative estimate of drug-likeness (QED) is 0.0577. The van der Waals surface area contributed by atoms with E-state index in [4.69, 9.17) is 4.74 Å². The first-order valence-corrected chi connectivity index (χ1v) is 12.5. The number of ether oxygens (including phenoxy) is 1. The number of carbonyl (C=O) groups is 2. The number of hydroxylamine groups is 2. The molecule has 0 saturated carbocycles. The van der Waals surface area contributed by atoms with Gasteiger partial charge >= 0.3 is 41.5 Å². The maximum atomic E-state index is 12.1. The molecule has 0 aliphatic rings. The van der Waals surface area contributed by atoms with Crippen molar-refractivity contribution < 1.29 is 73.3 Å². The number of nitrogens with zero attached hydrogens (tertiary/aromatic N) is 1. The zero-order valence-corrected chi connectivity index (χ0v) is 22.7. The molecule has 0 aromatic carbocycles. The molecule has 12 heteroatoms. The fourth-order valence-electron chi connectivity index (χ4n) is 2.94. The number of aliphatic hydroxyl groups is 2. The predicted octanol–water partition coefficient (Wildman–Crippen LogP) is -0.350. The summed E-state index contributed by atoms with van der Waals surface area (Å²) in [7, 11) is -4.92. The molecule has 0 aliphatic heterocycles. The number of aliphatic hydroxyl groups excluding tert-OH is 2. The minimum atomic E-state index is -4.92. The second-order valence-electron chi connectivity index (χ2n) is 7.64. The Morgan fingerprint density at radius 3 is 1.75 bits per heavy atom. The van der Waals surface area contributed by atoms with Gasteiger partial charge in [-0.2, -0.15) is 8.42 Å². The van der Waals surface area contributed by atoms with E-state index in [1.165, 1.54) is 46.0 Å². The maximum absolute atomic E-state index is 12.1. The molecule has 0 aliphatic carbocycles. The Morgan fingerprint density at radius 2 is 1.34 bits per heavy atom. The Hall–Kier alpha value is -0.270. The van der Waals surface area contributed by atoms with Gasteiger partial charge in [0.05, 0.1) is 13.0 Å². The summed E-state index contributed by atoms with van der Waals surface area (Å²) >= 11 is 0. The molecule has 0 radical (unpaired) electrons. The Morgan fingerprint density at radius 1 is 0.906 bits per heavy atom.